The van der Waals surface area contributed by atoms with Crippen LogP contribution in [-0.2, 0) is 47.6 Å². The third kappa shape index (κ3) is 8.23. The number of fused-ring (bicyclic) bond motifs is 5. The predicted molar refractivity (Wildman–Crippen MR) is 216 cm³/mol. The van der Waals surface area contributed by atoms with Gasteiger partial charge in [-0.2, -0.15) is 0 Å². The van der Waals surface area contributed by atoms with E-state index in [1.54, 1.807) is 80.5 Å². The summed E-state index contributed by atoms with van der Waals surface area (Å²) in [6.45, 7) is 15.6. The molecule has 1 amide bonds. The zero-order chi connectivity index (χ0) is 45.2. The summed E-state index contributed by atoms with van der Waals surface area (Å²) in [7, 11) is 0. The number of Topliss-reactive ketones (excluding diaryl/α,β-unsaturated/α-hetero) is 1. The molecule has 0 radical (unpaired) electrons. The van der Waals surface area contributed by atoms with Gasteiger partial charge >= 0.3 is 30.0 Å². The van der Waals surface area contributed by atoms with E-state index in [2.05, 4.69) is 5.32 Å². The molecule has 1 aliphatic heterocycles. The van der Waals surface area contributed by atoms with Gasteiger partial charge in [0.15, 0.2) is 23.6 Å². The molecule has 16 nitrogen and oxygen atoms in total. The Hall–Kier alpha value is -4.64. The highest BCUT2D eigenvalue weighted by atomic mass is 16.6. The summed E-state index contributed by atoms with van der Waals surface area (Å²) in [5, 5.41) is 27.8. The standard InChI is InChI=1S/C45H60N2O14/c1-22(2)18-27(47-40(54)61-41(5,6)7)32(49)39(53)57-28-20-45(55)36(59-38(52)25-14-12-11-13-15-25)34-43(10,29(46)19-30-44(34,21-56-30)60-24(4)48)35(50)33(58-37(51)26-16-17-26)31(23(28)3)42(45,8)9/h11-15,18,26-30,32-34,36,49,55H,16-17,19-21,46H2,1-10H3,(H,47,54)/t27-,28-,29-,30+,32+,33+,34-,36-,43+,44-,45+/m0/s1. The number of carbonyl (C=O) groups excluding carboxylic acids is 6. The average Bonchev–Trinajstić information content (AvgIpc) is 4.01. The van der Waals surface area contributed by atoms with Gasteiger partial charge in [0.25, 0.3) is 0 Å². The van der Waals surface area contributed by atoms with Gasteiger partial charge in [-0.05, 0) is 84.1 Å². The van der Waals surface area contributed by atoms with Crippen LogP contribution < -0.4 is 11.1 Å². The molecule has 1 aromatic rings. The Balaban J connectivity index is 1.55. The van der Waals surface area contributed by atoms with Crippen molar-refractivity contribution in [2.24, 2.45) is 28.4 Å². The van der Waals surface area contributed by atoms with Gasteiger partial charge < -0.3 is 49.7 Å². The largest absolute Gasteiger partial charge is 0.456 e. The number of nitrogens with two attached hydrogens (primary N) is 1. The molecule has 1 aromatic carbocycles. The maximum atomic E-state index is 15.7. The van der Waals surface area contributed by atoms with Crippen molar-refractivity contribution in [3.63, 3.8) is 0 Å². The van der Waals surface area contributed by atoms with E-state index in [0.717, 1.165) is 0 Å². The number of aliphatic hydroxyl groups is 2. The van der Waals surface area contributed by atoms with Crippen LogP contribution in [-0.4, -0.2) is 112 Å². The van der Waals surface area contributed by atoms with Crippen LogP contribution >= 0.6 is 0 Å². The third-order valence-electron chi connectivity index (χ3n) is 13.2. The number of alkyl carbamates (subject to hydrolysis) is 1. The normalized spacial score (nSPS) is 33.7. The summed E-state index contributed by atoms with van der Waals surface area (Å²) < 4.78 is 36.2. The van der Waals surface area contributed by atoms with Gasteiger partial charge in [-0.1, -0.05) is 50.6 Å². The van der Waals surface area contributed by atoms with E-state index in [9.17, 15) is 34.2 Å². The lowest BCUT2D eigenvalue weighted by atomic mass is 9.44. The fourth-order valence-corrected chi connectivity index (χ4v) is 9.82. The van der Waals surface area contributed by atoms with E-state index in [0.29, 0.717) is 18.4 Å². The molecular formula is C45H60N2O14. The van der Waals surface area contributed by atoms with Crippen molar-refractivity contribution in [2.45, 2.75) is 154 Å². The Bertz CT molecular complexity index is 2010. The summed E-state index contributed by atoms with van der Waals surface area (Å²) in [5.41, 5.74) is -0.295. The number of amides is 1. The molecule has 11 atom stereocenters. The van der Waals surface area contributed by atoms with Gasteiger partial charge in [0.05, 0.1) is 35.5 Å². The van der Waals surface area contributed by atoms with Crippen LogP contribution in [0.3, 0.4) is 0 Å². The Kier molecular flexibility index (Phi) is 12.2. The smallest absolute Gasteiger partial charge is 0.408 e. The number of esters is 4. The van der Waals surface area contributed by atoms with Crippen molar-refractivity contribution in [1.82, 2.24) is 5.32 Å². The molecule has 4 fully saturated rings. The van der Waals surface area contributed by atoms with E-state index < -0.39 is 124 Å². The van der Waals surface area contributed by atoms with Crippen molar-refractivity contribution in [2.75, 3.05) is 6.61 Å². The lowest BCUT2D eigenvalue weighted by Crippen LogP contribution is -2.82. The topological polar surface area (TPSA) is 236 Å². The quantitative estimate of drug-likeness (QED) is 0.149. The molecule has 5 aliphatic rings. The summed E-state index contributed by atoms with van der Waals surface area (Å²) in [6.07, 6.45) is -6.63. The number of benzene rings is 1. The lowest BCUT2D eigenvalue weighted by Gasteiger charge is -2.67. The van der Waals surface area contributed by atoms with Gasteiger partial charge in [0.2, 0.25) is 0 Å². The zero-order valence-electron chi connectivity index (χ0n) is 36.6. The zero-order valence-corrected chi connectivity index (χ0v) is 36.6. The second kappa shape index (κ2) is 16.2. The van der Waals surface area contributed by atoms with Crippen LogP contribution in [0.2, 0.25) is 0 Å². The minimum atomic E-state index is -2.32. The number of aliphatic hydroxyl groups excluding tert-OH is 1. The SMILES string of the molecule is CC(=O)O[C@@]12CO[C@@H]1C[C@H](N)[C@@]1(C)C(=O)[C@H](OC(=O)C3CC3)C3=C(C)[C@@H](OC(=O)[C@H](O)[C@H](C=C(C)C)NC(=O)OC(C)(C)C)C[C@@](O)([C@@H](OC(=O)c4ccccc4)[C@H]21)C3(C)C. The van der Waals surface area contributed by atoms with Crippen LogP contribution in [0.25, 0.3) is 0 Å². The van der Waals surface area contributed by atoms with Crippen molar-refractivity contribution in [3.05, 3.63) is 58.7 Å². The molecule has 5 N–H and O–H groups in total. The molecular weight excluding hydrogens is 792 g/mol. The highest BCUT2D eigenvalue weighted by molar-refractivity contribution is 5.96. The van der Waals surface area contributed by atoms with Crippen LogP contribution in [0.4, 0.5) is 4.79 Å². The average molecular weight is 853 g/mol. The van der Waals surface area contributed by atoms with E-state index >= 15 is 4.79 Å². The maximum Gasteiger partial charge on any atom is 0.408 e. The fourth-order valence-electron chi connectivity index (χ4n) is 9.82. The molecule has 334 valence electrons. The van der Waals surface area contributed by atoms with Gasteiger partial charge in [-0.3, -0.25) is 14.4 Å². The molecule has 0 unspecified atom stereocenters. The first kappa shape index (κ1) is 45.9. The number of rotatable bonds is 10. The van der Waals surface area contributed by atoms with Crippen molar-refractivity contribution < 1.29 is 67.4 Å². The molecule has 0 aromatic heterocycles. The Labute approximate surface area is 355 Å². The molecule has 6 rings (SSSR count). The summed E-state index contributed by atoms with van der Waals surface area (Å²) in [4.78, 5) is 83.7. The highest BCUT2D eigenvalue weighted by Crippen LogP contribution is 2.64. The van der Waals surface area contributed by atoms with E-state index in [4.69, 9.17) is 34.2 Å². The summed E-state index contributed by atoms with van der Waals surface area (Å²) >= 11 is 0. The molecule has 16 heteroatoms. The molecule has 3 saturated carbocycles. The number of ether oxygens (including phenoxy) is 6. The fraction of sp³-hybridized carbons (Fsp3) is 0.644. The Morgan fingerprint density at radius 2 is 1.64 bits per heavy atom. The maximum absolute atomic E-state index is 15.7. The minimum Gasteiger partial charge on any atom is -0.456 e. The molecule has 4 aliphatic carbocycles. The second-order valence-corrected chi connectivity index (χ2v) is 19.2. The summed E-state index contributed by atoms with van der Waals surface area (Å²) in [5.74, 6) is -6.07. The Morgan fingerprint density at radius 1 is 1.00 bits per heavy atom. The number of hydrogen-bond donors (Lipinski definition) is 4. The van der Waals surface area contributed by atoms with Gasteiger partial charge in [0, 0.05) is 24.8 Å². The first-order valence-electron chi connectivity index (χ1n) is 20.8. The van der Waals surface area contributed by atoms with Crippen LogP contribution in [0.5, 0.6) is 0 Å². The van der Waals surface area contributed by atoms with Crippen molar-refractivity contribution in [3.8, 4) is 0 Å². The van der Waals surface area contributed by atoms with Gasteiger partial charge in [-0.25, -0.2) is 14.4 Å². The van der Waals surface area contributed by atoms with Crippen LogP contribution in [0.1, 0.15) is 105 Å². The first-order valence-corrected chi connectivity index (χ1v) is 20.8. The van der Waals surface area contributed by atoms with Gasteiger partial charge in [0.1, 0.15) is 29.5 Å². The van der Waals surface area contributed by atoms with Gasteiger partial charge in [-0.15, -0.1) is 0 Å². The first-order chi connectivity index (χ1) is 28.3. The molecule has 61 heavy (non-hydrogen) atoms. The molecule has 2 bridgehead atoms. The predicted octanol–water partition coefficient (Wildman–Crippen LogP) is 3.78. The minimum absolute atomic E-state index is 0.0246. The number of allylic oxidation sites excluding steroid dienone is 1. The van der Waals surface area contributed by atoms with Crippen molar-refractivity contribution >= 4 is 35.8 Å². The van der Waals surface area contributed by atoms with E-state index in [1.807, 2.05) is 0 Å². The highest BCUT2D eigenvalue weighted by Gasteiger charge is 2.78. The van der Waals surface area contributed by atoms with E-state index in [-0.39, 0.29) is 29.7 Å². The molecule has 1 saturated heterocycles. The summed E-state index contributed by atoms with van der Waals surface area (Å²) in [6, 6.07) is 5.59. The Morgan fingerprint density at radius 3 is 2.18 bits per heavy atom. The number of nitrogens with one attached hydrogen (secondary N) is 1. The number of carbonyl (C=O) groups is 6. The van der Waals surface area contributed by atoms with Crippen LogP contribution in [0.15, 0.2) is 53.1 Å². The van der Waals surface area contributed by atoms with E-state index in [1.165, 1.54) is 25.1 Å². The number of hydrogen-bond acceptors (Lipinski definition) is 15. The molecule has 1 heterocycles. The van der Waals surface area contributed by atoms with Crippen LogP contribution in [0, 0.1) is 22.7 Å². The lowest BCUT2D eigenvalue weighted by molar-refractivity contribution is -0.335. The van der Waals surface area contributed by atoms with Crippen molar-refractivity contribution in [1.29, 1.82) is 0 Å². The monoisotopic (exact) mass is 852 g/mol. The number of ketones is 1. The third-order valence-corrected chi connectivity index (χ3v) is 13.2. The molecule has 0 spiro atoms. The second-order valence-electron chi connectivity index (χ2n) is 19.2.